The van der Waals surface area contributed by atoms with Crippen LogP contribution in [-0.4, -0.2) is 9.97 Å². The first-order valence-electron chi connectivity index (χ1n) is 6.09. The first-order valence-corrected chi connectivity index (χ1v) is 6.09. The van der Waals surface area contributed by atoms with Gasteiger partial charge < -0.3 is 0 Å². The van der Waals surface area contributed by atoms with Crippen molar-refractivity contribution in [1.29, 1.82) is 0 Å². The zero-order valence-corrected chi connectivity index (χ0v) is 10.2. The van der Waals surface area contributed by atoms with E-state index in [-0.39, 0.29) is 0 Å². The summed E-state index contributed by atoms with van der Waals surface area (Å²) >= 11 is 0. The molecule has 0 unspecified atom stereocenters. The molecule has 0 aromatic carbocycles. The van der Waals surface area contributed by atoms with Gasteiger partial charge in [0, 0.05) is 18.3 Å². The molecule has 1 aromatic heterocycles. The average Bonchev–Trinajstić information content (AvgIpc) is 2.26. The molecule has 0 aliphatic heterocycles. The Balaban J connectivity index is 2.47. The SMILES string of the molecule is CCCCCCc1cnc(CC)nc1C. The smallest absolute Gasteiger partial charge is 0.128 e. The van der Waals surface area contributed by atoms with E-state index in [1.807, 2.05) is 6.20 Å². The molecular formula is C13H22N2. The molecule has 0 amide bonds. The van der Waals surface area contributed by atoms with E-state index in [0.29, 0.717) is 0 Å². The third kappa shape index (κ3) is 3.98. The highest BCUT2D eigenvalue weighted by molar-refractivity contribution is 5.16. The lowest BCUT2D eigenvalue weighted by Gasteiger charge is -2.05. The van der Waals surface area contributed by atoms with Crippen molar-refractivity contribution in [1.82, 2.24) is 9.97 Å². The maximum absolute atomic E-state index is 4.48. The van der Waals surface area contributed by atoms with Crippen LogP contribution in [0.15, 0.2) is 6.20 Å². The predicted molar refractivity (Wildman–Crippen MR) is 64.0 cm³/mol. The molecule has 2 heteroatoms. The van der Waals surface area contributed by atoms with E-state index in [4.69, 9.17) is 0 Å². The lowest BCUT2D eigenvalue weighted by molar-refractivity contribution is 0.662. The molecule has 15 heavy (non-hydrogen) atoms. The monoisotopic (exact) mass is 206 g/mol. The van der Waals surface area contributed by atoms with E-state index < -0.39 is 0 Å². The van der Waals surface area contributed by atoms with E-state index in [9.17, 15) is 0 Å². The molecule has 1 aromatic rings. The molecule has 0 saturated heterocycles. The second-order valence-corrected chi connectivity index (χ2v) is 4.06. The average molecular weight is 206 g/mol. The first kappa shape index (κ1) is 12.2. The van der Waals surface area contributed by atoms with Gasteiger partial charge in [0.15, 0.2) is 0 Å². The highest BCUT2D eigenvalue weighted by atomic mass is 14.9. The van der Waals surface area contributed by atoms with Crippen molar-refractivity contribution in [3.8, 4) is 0 Å². The lowest BCUT2D eigenvalue weighted by atomic mass is 10.1. The second-order valence-electron chi connectivity index (χ2n) is 4.06. The third-order valence-corrected chi connectivity index (χ3v) is 2.75. The Bertz CT molecular complexity index is 295. The van der Waals surface area contributed by atoms with Crippen molar-refractivity contribution in [2.75, 3.05) is 0 Å². The van der Waals surface area contributed by atoms with Gasteiger partial charge in [-0.2, -0.15) is 0 Å². The van der Waals surface area contributed by atoms with Gasteiger partial charge in [-0.05, 0) is 25.3 Å². The number of aryl methyl sites for hydroxylation is 3. The lowest BCUT2D eigenvalue weighted by Crippen LogP contribution is -2.00. The van der Waals surface area contributed by atoms with Crippen molar-refractivity contribution < 1.29 is 0 Å². The number of hydrogen-bond donors (Lipinski definition) is 0. The van der Waals surface area contributed by atoms with Crippen molar-refractivity contribution in [2.24, 2.45) is 0 Å². The molecule has 1 heterocycles. The minimum Gasteiger partial charge on any atom is -0.241 e. The fraction of sp³-hybridized carbons (Fsp3) is 0.692. The van der Waals surface area contributed by atoms with E-state index in [1.165, 1.54) is 36.9 Å². The molecule has 0 aliphatic rings. The zero-order valence-electron chi connectivity index (χ0n) is 10.2. The van der Waals surface area contributed by atoms with E-state index in [0.717, 1.165) is 18.7 Å². The first-order chi connectivity index (χ1) is 7.27. The second kappa shape index (κ2) is 6.54. The Morgan fingerprint density at radius 1 is 1.13 bits per heavy atom. The molecule has 0 saturated carbocycles. The van der Waals surface area contributed by atoms with Crippen LogP contribution in [0, 0.1) is 6.92 Å². The molecule has 1 rings (SSSR count). The van der Waals surface area contributed by atoms with Gasteiger partial charge in [-0.15, -0.1) is 0 Å². The third-order valence-electron chi connectivity index (χ3n) is 2.75. The van der Waals surface area contributed by atoms with Crippen LogP contribution in [0.2, 0.25) is 0 Å². The van der Waals surface area contributed by atoms with Crippen LogP contribution >= 0.6 is 0 Å². The highest BCUT2D eigenvalue weighted by Gasteiger charge is 2.01. The summed E-state index contributed by atoms with van der Waals surface area (Å²) in [4.78, 5) is 8.83. The summed E-state index contributed by atoms with van der Waals surface area (Å²) < 4.78 is 0. The number of aromatic nitrogens is 2. The standard InChI is InChI=1S/C13H22N2/c1-4-6-7-8-9-12-10-14-13(5-2)15-11(12)3/h10H,4-9H2,1-3H3. The van der Waals surface area contributed by atoms with Crippen molar-refractivity contribution >= 4 is 0 Å². The Morgan fingerprint density at radius 2 is 1.93 bits per heavy atom. The van der Waals surface area contributed by atoms with Gasteiger partial charge in [0.25, 0.3) is 0 Å². The Hall–Kier alpha value is -0.920. The predicted octanol–water partition coefficient (Wildman–Crippen LogP) is 3.47. The van der Waals surface area contributed by atoms with Crippen LogP contribution in [0.5, 0.6) is 0 Å². The van der Waals surface area contributed by atoms with Gasteiger partial charge >= 0.3 is 0 Å². The number of rotatable bonds is 6. The van der Waals surface area contributed by atoms with E-state index in [1.54, 1.807) is 0 Å². The molecule has 0 aliphatic carbocycles. The Labute approximate surface area is 93.2 Å². The summed E-state index contributed by atoms with van der Waals surface area (Å²) in [7, 11) is 0. The van der Waals surface area contributed by atoms with Crippen LogP contribution in [0.3, 0.4) is 0 Å². The van der Waals surface area contributed by atoms with Gasteiger partial charge in [-0.3, -0.25) is 0 Å². The van der Waals surface area contributed by atoms with Gasteiger partial charge in [0.05, 0.1) is 0 Å². The molecule has 0 N–H and O–H groups in total. The maximum Gasteiger partial charge on any atom is 0.128 e. The van der Waals surface area contributed by atoms with Gasteiger partial charge in [-0.1, -0.05) is 33.1 Å². The minimum atomic E-state index is 0.928. The number of hydrogen-bond acceptors (Lipinski definition) is 2. The minimum absolute atomic E-state index is 0.928. The van der Waals surface area contributed by atoms with Crippen LogP contribution in [-0.2, 0) is 12.8 Å². The summed E-state index contributed by atoms with van der Waals surface area (Å²) in [5.41, 5.74) is 2.49. The molecule has 0 fully saturated rings. The van der Waals surface area contributed by atoms with Crippen molar-refractivity contribution in [3.05, 3.63) is 23.3 Å². The van der Waals surface area contributed by atoms with Crippen LogP contribution in [0.4, 0.5) is 0 Å². The molecule has 0 spiro atoms. The fourth-order valence-corrected chi connectivity index (χ4v) is 1.70. The highest BCUT2D eigenvalue weighted by Crippen LogP contribution is 2.10. The molecular weight excluding hydrogens is 184 g/mol. The summed E-state index contributed by atoms with van der Waals surface area (Å²) in [5, 5.41) is 0. The molecule has 84 valence electrons. The normalized spacial score (nSPS) is 10.6. The van der Waals surface area contributed by atoms with E-state index in [2.05, 4.69) is 30.7 Å². The van der Waals surface area contributed by atoms with Gasteiger partial charge in [0.1, 0.15) is 5.82 Å². The summed E-state index contributed by atoms with van der Waals surface area (Å²) in [6.45, 7) is 6.43. The Morgan fingerprint density at radius 3 is 2.53 bits per heavy atom. The summed E-state index contributed by atoms with van der Waals surface area (Å²) in [5.74, 6) is 0.963. The van der Waals surface area contributed by atoms with Gasteiger partial charge in [0.2, 0.25) is 0 Å². The zero-order chi connectivity index (χ0) is 11.1. The maximum atomic E-state index is 4.48. The fourth-order valence-electron chi connectivity index (χ4n) is 1.70. The quantitative estimate of drug-likeness (QED) is 0.666. The summed E-state index contributed by atoms with van der Waals surface area (Å²) in [6, 6.07) is 0. The van der Waals surface area contributed by atoms with Gasteiger partial charge in [-0.25, -0.2) is 9.97 Å². The number of unbranched alkanes of at least 4 members (excludes halogenated alkanes) is 3. The summed E-state index contributed by atoms with van der Waals surface area (Å²) in [6.07, 6.45) is 9.30. The molecule has 2 nitrogen and oxygen atoms in total. The van der Waals surface area contributed by atoms with Crippen LogP contribution in [0.25, 0.3) is 0 Å². The van der Waals surface area contributed by atoms with E-state index >= 15 is 0 Å². The molecule has 0 bridgehead atoms. The Kier molecular flexibility index (Phi) is 5.30. The molecule has 0 atom stereocenters. The van der Waals surface area contributed by atoms with Crippen molar-refractivity contribution in [2.45, 2.75) is 59.3 Å². The largest absolute Gasteiger partial charge is 0.241 e. The van der Waals surface area contributed by atoms with Crippen LogP contribution < -0.4 is 0 Å². The van der Waals surface area contributed by atoms with Crippen molar-refractivity contribution in [3.63, 3.8) is 0 Å². The topological polar surface area (TPSA) is 25.8 Å². The molecule has 0 radical (unpaired) electrons. The number of nitrogens with zero attached hydrogens (tertiary/aromatic N) is 2. The van der Waals surface area contributed by atoms with Crippen LogP contribution in [0.1, 0.15) is 56.6 Å².